The van der Waals surface area contributed by atoms with Crippen molar-refractivity contribution in [2.75, 3.05) is 6.61 Å². The van der Waals surface area contributed by atoms with Crippen LogP contribution in [0.5, 0.6) is 0 Å². The first-order valence-electron chi connectivity index (χ1n) is 10.2. The number of furan rings is 1. The van der Waals surface area contributed by atoms with Crippen LogP contribution < -0.4 is 16.0 Å². The van der Waals surface area contributed by atoms with Gasteiger partial charge in [0.15, 0.2) is 12.4 Å². The van der Waals surface area contributed by atoms with Gasteiger partial charge >= 0.3 is 12.0 Å². The van der Waals surface area contributed by atoms with Crippen LogP contribution in [0.25, 0.3) is 0 Å². The minimum atomic E-state index is -1.04. The number of amides is 4. The van der Waals surface area contributed by atoms with E-state index >= 15 is 0 Å². The quantitative estimate of drug-likeness (QED) is 0.553. The van der Waals surface area contributed by atoms with Gasteiger partial charge in [0.25, 0.3) is 11.8 Å². The fourth-order valence-electron chi connectivity index (χ4n) is 3.37. The lowest BCUT2D eigenvalue weighted by Gasteiger charge is -2.17. The maximum absolute atomic E-state index is 12.6. The van der Waals surface area contributed by atoms with E-state index in [9.17, 15) is 19.2 Å². The average Bonchev–Trinajstić information content (AvgIpc) is 3.46. The molecule has 1 aliphatic carbocycles. The highest BCUT2D eigenvalue weighted by Gasteiger charge is 2.25. The first-order chi connectivity index (χ1) is 15.0. The zero-order chi connectivity index (χ0) is 22.1. The normalized spacial score (nSPS) is 14.5. The van der Waals surface area contributed by atoms with Crippen molar-refractivity contribution >= 4 is 23.8 Å². The third-order valence-corrected chi connectivity index (χ3v) is 4.91. The van der Waals surface area contributed by atoms with Crippen LogP contribution in [0.2, 0.25) is 0 Å². The molecule has 31 heavy (non-hydrogen) atoms. The summed E-state index contributed by atoms with van der Waals surface area (Å²) in [6.07, 6.45) is 5.36. The highest BCUT2D eigenvalue weighted by Crippen LogP contribution is 2.17. The molecule has 0 unspecified atom stereocenters. The highest BCUT2D eigenvalue weighted by molar-refractivity contribution is 5.97. The van der Waals surface area contributed by atoms with Crippen molar-refractivity contribution < 1.29 is 28.3 Å². The predicted octanol–water partition coefficient (Wildman–Crippen LogP) is 1.93. The fourth-order valence-corrected chi connectivity index (χ4v) is 3.37. The lowest BCUT2D eigenvalue weighted by Crippen LogP contribution is -2.47. The highest BCUT2D eigenvalue weighted by atomic mass is 16.5. The third kappa shape index (κ3) is 6.98. The molecule has 3 rings (SSSR count). The Kier molecular flexibility index (Phi) is 7.80. The molecule has 0 saturated heterocycles. The van der Waals surface area contributed by atoms with Gasteiger partial charge in [0.05, 0.1) is 6.26 Å². The molecule has 4 amide bonds. The van der Waals surface area contributed by atoms with Gasteiger partial charge in [-0.15, -0.1) is 0 Å². The van der Waals surface area contributed by atoms with Crippen molar-refractivity contribution in [1.29, 1.82) is 0 Å². The molecule has 2 aromatic rings. The van der Waals surface area contributed by atoms with E-state index in [2.05, 4.69) is 16.0 Å². The molecule has 1 aromatic carbocycles. The van der Waals surface area contributed by atoms with E-state index in [1.54, 1.807) is 18.2 Å². The summed E-state index contributed by atoms with van der Waals surface area (Å²) in [5.74, 6) is -2.08. The standard InChI is InChI=1S/C22H25N3O6/c26-19(25-22(29)23-16-9-4-5-10-16)14-31-21(28)17(13-15-7-2-1-3-8-15)24-20(27)18-11-6-12-30-18/h1-3,6-8,11-12,16-17H,4-5,9-10,13-14H2,(H,24,27)(H2,23,25,26,29)/t17-/m0/s1. The third-order valence-electron chi connectivity index (χ3n) is 4.91. The minimum Gasteiger partial charge on any atom is -0.459 e. The Labute approximate surface area is 179 Å². The van der Waals surface area contributed by atoms with Crippen LogP contribution in [0.4, 0.5) is 4.79 Å². The number of benzene rings is 1. The number of nitrogens with one attached hydrogen (secondary N) is 3. The van der Waals surface area contributed by atoms with Crippen LogP contribution in [0.15, 0.2) is 53.1 Å². The molecule has 0 bridgehead atoms. The average molecular weight is 427 g/mol. The summed E-state index contributed by atoms with van der Waals surface area (Å²) in [4.78, 5) is 48.7. The molecular formula is C22H25N3O6. The topological polar surface area (TPSA) is 127 Å². The molecule has 164 valence electrons. The molecular weight excluding hydrogens is 402 g/mol. The molecule has 0 spiro atoms. The zero-order valence-electron chi connectivity index (χ0n) is 17.0. The molecule has 1 fully saturated rings. The second-order valence-electron chi connectivity index (χ2n) is 7.30. The van der Waals surface area contributed by atoms with Crippen LogP contribution >= 0.6 is 0 Å². The van der Waals surface area contributed by atoms with Crippen molar-refractivity contribution in [2.45, 2.75) is 44.2 Å². The number of urea groups is 1. The van der Waals surface area contributed by atoms with Gasteiger partial charge in [-0.1, -0.05) is 43.2 Å². The van der Waals surface area contributed by atoms with E-state index in [1.165, 1.54) is 12.3 Å². The lowest BCUT2D eigenvalue weighted by atomic mass is 10.1. The van der Waals surface area contributed by atoms with Crippen molar-refractivity contribution in [3.05, 3.63) is 60.1 Å². The summed E-state index contributed by atoms with van der Waals surface area (Å²) in [7, 11) is 0. The Bertz CT molecular complexity index is 891. The number of ether oxygens (including phenoxy) is 1. The Morgan fingerprint density at radius 1 is 1.03 bits per heavy atom. The van der Waals surface area contributed by atoms with Gasteiger partial charge in [0.2, 0.25) is 0 Å². The molecule has 3 N–H and O–H groups in total. The smallest absolute Gasteiger partial charge is 0.329 e. The van der Waals surface area contributed by atoms with Gasteiger partial charge in [0, 0.05) is 12.5 Å². The number of imide groups is 1. The number of hydrogen-bond acceptors (Lipinski definition) is 6. The van der Waals surface area contributed by atoms with Crippen LogP contribution in [-0.4, -0.2) is 42.5 Å². The van der Waals surface area contributed by atoms with Crippen LogP contribution in [-0.2, 0) is 20.7 Å². The van der Waals surface area contributed by atoms with E-state index in [0.717, 1.165) is 31.2 Å². The monoisotopic (exact) mass is 427 g/mol. The van der Waals surface area contributed by atoms with Crippen LogP contribution in [0.3, 0.4) is 0 Å². The minimum absolute atomic E-state index is 0.0483. The SMILES string of the molecule is O=C(COC(=O)[C@H](Cc1ccccc1)NC(=O)c1ccco1)NC(=O)NC1CCCC1. The molecule has 1 aliphatic rings. The Morgan fingerprint density at radius 2 is 1.77 bits per heavy atom. The molecule has 9 heteroatoms. The van der Waals surface area contributed by atoms with Gasteiger partial charge in [-0.25, -0.2) is 9.59 Å². The molecule has 1 saturated carbocycles. The Balaban J connectivity index is 1.53. The fraction of sp³-hybridized carbons (Fsp3) is 0.364. The second-order valence-corrected chi connectivity index (χ2v) is 7.30. The molecule has 1 atom stereocenters. The van der Waals surface area contributed by atoms with E-state index in [0.29, 0.717) is 0 Å². The number of carbonyl (C=O) groups excluding carboxylic acids is 4. The van der Waals surface area contributed by atoms with Gasteiger partial charge < -0.3 is 19.8 Å². The number of carbonyl (C=O) groups is 4. The van der Waals surface area contributed by atoms with Crippen molar-refractivity contribution in [2.24, 2.45) is 0 Å². The summed E-state index contributed by atoms with van der Waals surface area (Å²) in [5.41, 5.74) is 0.796. The summed E-state index contributed by atoms with van der Waals surface area (Å²) in [6.45, 7) is -0.640. The van der Waals surface area contributed by atoms with Crippen LogP contribution in [0.1, 0.15) is 41.8 Å². The number of rotatable bonds is 8. The van der Waals surface area contributed by atoms with E-state index < -0.39 is 36.5 Å². The van der Waals surface area contributed by atoms with Crippen molar-refractivity contribution in [3.63, 3.8) is 0 Å². The first kappa shape index (κ1) is 22.1. The van der Waals surface area contributed by atoms with E-state index in [1.807, 2.05) is 18.2 Å². The number of esters is 1. The summed E-state index contributed by atoms with van der Waals surface area (Å²) >= 11 is 0. The van der Waals surface area contributed by atoms with Gasteiger partial charge in [0.1, 0.15) is 6.04 Å². The first-order valence-corrected chi connectivity index (χ1v) is 10.2. The number of hydrogen-bond donors (Lipinski definition) is 3. The van der Waals surface area contributed by atoms with Crippen LogP contribution in [0, 0.1) is 0 Å². The van der Waals surface area contributed by atoms with Gasteiger partial charge in [-0.05, 0) is 30.5 Å². The van der Waals surface area contributed by atoms with E-state index in [-0.39, 0.29) is 18.2 Å². The van der Waals surface area contributed by atoms with Crippen molar-refractivity contribution in [3.8, 4) is 0 Å². The lowest BCUT2D eigenvalue weighted by molar-refractivity contribution is -0.150. The maximum atomic E-state index is 12.6. The summed E-state index contributed by atoms with van der Waals surface area (Å²) in [5, 5.41) is 7.42. The van der Waals surface area contributed by atoms with Gasteiger partial charge in [-0.2, -0.15) is 0 Å². The molecule has 9 nitrogen and oxygen atoms in total. The largest absolute Gasteiger partial charge is 0.459 e. The maximum Gasteiger partial charge on any atom is 0.329 e. The molecule has 0 radical (unpaired) electrons. The Hall–Kier alpha value is -3.62. The Morgan fingerprint density at radius 3 is 2.45 bits per heavy atom. The van der Waals surface area contributed by atoms with Crippen molar-refractivity contribution in [1.82, 2.24) is 16.0 Å². The summed E-state index contributed by atoms with van der Waals surface area (Å²) in [6, 6.07) is 10.5. The van der Waals surface area contributed by atoms with E-state index in [4.69, 9.17) is 9.15 Å². The molecule has 1 aromatic heterocycles. The zero-order valence-corrected chi connectivity index (χ0v) is 17.0. The second kappa shape index (κ2) is 11.0. The molecule has 0 aliphatic heterocycles. The summed E-state index contributed by atoms with van der Waals surface area (Å²) < 4.78 is 10.1. The predicted molar refractivity (Wildman–Crippen MR) is 110 cm³/mol. The van der Waals surface area contributed by atoms with Gasteiger partial charge in [-0.3, -0.25) is 14.9 Å². The molecule has 1 heterocycles.